The van der Waals surface area contributed by atoms with Crippen molar-refractivity contribution < 1.29 is 18.0 Å². The van der Waals surface area contributed by atoms with Crippen molar-refractivity contribution in [2.75, 3.05) is 25.5 Å². The Labute approximate surface area is 160 Å². The maximum atomic E-state index is 12.8. The van der Waals surface area contributed by atoms with Crippen molar-refractivity contribution in [3.05, 3.63) is 23.3 Å². The fourth-order valence-electron chi connectivity index (χ4n) is 2.84. The summed E-state index contributed by atoms with van der Waals surface area (Å²) in [5.74, 6) is -0.583. The number of benzene rings is 1. The number of carbonyl (C=O) groups excluding carboxylic acids is 2. The number of hydrazone groups is 1. The van der Waals surface area contributed by atoms with Gasteiger partial charge in [0.15, 0.2) is 0 Å². The van der Waals surface area contributed by atoms with E-state index in [4.69, 9.17) is 0 Å². The van der Waals surface area contributed by atoms with Crippen LogP contribution in [0.4, 0.5) is 5.69 Å². The van der Waals surface area contributed by atoms with Gasteiger partial charge < -0.3 is 5.32 Å². The second kappa shape index (κ2) is 8.18. The molecule has 0 aliphatic carbocycles. The average molecular weight is 394 g/mol. The summed E-state index contributed by atoms with van der Waals surface area (Å²) in [4.78, 5) is 24.2. The highest BCUT2D eigenvalue weighted by atomic mass is 32.2. The highest BCUT2D eigenvalue weighted by Gasteiger charge is 2.25. The van der Waals surface area contributed by atoms with E-state index in [0.717, 1.165) is 16.1 Å². The first-order chi connectivity index (χ1) is 12.6. The lowest BCUT2D eigenvalue weighted by atomic mass is 10.1. The van der Waals surface area contributed by atoms with E-state index >= 15 is 0 Å². The summed E-state index contributed by atoms with van der Waals surface area (Å²) in [6, 6.07) is 3.09. The summed E-state index contributed by atoms with van der Waals surface area (Å²) in [5.41, 5.74) is 2.21. The zero-order valence-corrected chi connectivity index (χ0v) is 17.2. The molecule has 2 amide bonds. The molecular formula is C18H26N4O4S. The van der Waals surface area contributed by atoms with Gasteiger partial charge in [-0.3, -0.25) is 9.59 Å². The Bertz CT molecular complexity index is 889. The Hall–Kier alpha value is -2.26. The maximum Gasteiger partial charge on any atom is 0.271 e. The van der Waals surface area contributed by atoms with Gasteiger partial charge in [-0.25, -0.2) is 13.4 Å². The molecule has 0 unspecified atom stereocenters. The quantitative estimate of drug-likeness (QED) is 0.796. The summed E-state index contributed by atoms with van der Waals surface area (Å²) in [5, 5.41) is 7.90. The zero-order valence-electron chi connectivity index (χ0n) is 16.4. The normalized spacial score (nSPS) is 15.1. The molecule has 9 heteroatoms. The fraction of sp³-hybridized carbons (Fsp3) is 0.500. The molecule has 8 nitrogen and oxygen atoms in total. The average Bonchev–Trinajstić information content (AvgIpc) is 2.61. The molecule has 148 valence electrons. The van der Waals surface area contributed by atoms with Gasteiger partial charge in [0.25, 0.3) is 5.91 Å². The van der Waals surface area contributed by atoms with Gasteiger partial charge >= 0.3 is 0 Å². The number of sulfonamides is 1. The number of nitrogens with one attached hydrogen (secondary N) is 1. The van der Waals surface area contributed by atoms with Crippen LogP contribution in [0.15, 0.2) is 22.1 Å². The predicted octanol–water partition coefficient (Wildman–Crippen LogP) is 1.88. The molecule has 0 spiro atoms. The Morgan fingerprint density at radius 3 is 2.41 bits per heavy atom. The molecule has 1 N–H and O–H groups in total. The molecule has 1 heterocycles. The molecule has 0 aromatic heterocycles. The third-order valence-corrected chi connectivity index (χ3v) is 6.73. The Balaban J connectivity index is 2.38. The van der Waals surface area contributed by atoms with Crippen molar-refractivity contribution in [3.8, 4) is 0 Å². The van der Waals surface area contributed by atoms with Crippen LogP contribution in [0.5, 0.6) is 0 Å². The molecular weight excluding hydrogens is 368 g/mol. The van der Waals surface area contributed by atoms with E-state index in [1.165, 1.54) is 17.4 Å². The smallest absolute Gasteiger partial charge is 0.271 e. The minimum absolute atomic E-state index is 0.141. The predicted molar refractivity (Wildman–Crippen MR) is 104 cm³/mol. The Morgan fingerprint density at radius 2 is 1.85 bits per heavy atom. The number of hydrogen-bond acceptors (Lipinski definition) is 5. The number of aryl methyl sites for hydroxylation is 1. The Morgan fingerprint density at radius 1 is 1.22 bits per heavy atom. The van der Waals surface area contributed by atoms with Crippen molar-refractivity contribution in [1.82, 2.24) is 9.31 Å². The second-order valence-corrected chi connectivity index (χ2v) is 8.36. The summed E-state index contributed by atoms with van der Waals surface area (Å²) in [6.07, 6.45) is 0.474. The highest BCUT2D eigenvalue weighted by Crippen LogP contribution is 2.26. The molecule has 1 aromatic carbocycles. The number of hydrogen-bond donors (Lipinski definition) is 1. The lowest BCUT2D eigenvalue weighted by Gasteiger charge is -2.21. The molecule has 0 radical (unpaired) electrons. The minimum atomic E-state index is -3.64. The summed E-state index contributed by atoms with van der Waals surface area (Å²) in [7, 11) is -2.14. The van der Waals surface area contributed by atoms with Crippen LogP contribution in [0.25, 0.3) is 0 Å². The highest BCUT2D eigenvalue weighted by molar-refractivity contribution is 7.89. The van der Waals surface area contributed by atoms with Gasteiger partial charge in [-0.2, -0.15) is 9.41 Å². The fourth-order valence-corrected chi connectivity index (χ4v) is 4.42. The molecule has 1 aromatic rings. The number of amides is 2. The number of carbonyl (C=O) groups is 2. The molecule has 1 aliphatic heterocycles. The van der Waals surface area contributed by atoms with Gasteiger partial charge in [0, 0.05) is 38.7 Å². The third kappa shape index (κ3) is 4.36. The van der Waals surface area contributed by atoms with Gasteiger partial charge in [0.05, 0.1) is 4.90 Å². The SMILES string of the molecule is CCN(CC)S(=O)(=O)c1cc(C)c(C)c(NC(=O)C2=NN(C)C(=O)CC2)c1. The molecule has 0 fully saturated rings. The molecule has 0 saturated heterocycles. The van der Waals surface area contributed by atoms with Crippen LogP contribution in [0, 0.1) is 13.8 Å². The van der Waals surface area contributed by atoms with E-state index in [-0.39, 0.29) is 29.4 Å². The molecule has 0 saturated carbocycles. The minimum Gasteiger partial charge on any atom is -0.321 e. The van der Waals surface area contributed by atoms with Gasteiger partial charge in [0.2, 0.25) is 15.9 Å². The molecule has 1 aliphatic rings. The monoisotopic (exact) mass is 394 g/mol. The molecule has 27 heavy (non-hydrogen) atoms. The van der Waals surface area contributed by atoms with E-state index in [9.17, 15) is 18.0 Å². The number of nitrogens with zero attached hydrogens (tertiary/aromatic N) is 3. The molecule has 2 rings (SSSR count). The van der Waals surface area contributed by atoms with Crippen molar-refractivity contribution in [3.63, 3.8) is 0 Å². The number of anilines is 1. The molecule has 0 bridgehead atoms. The van der Waals surface area contributed by atoms with E-state index in [1.54, 1.807) is 26.8 Å². The van der Waals surface area contributed by atoms with E-state index in [0.29, 0.717) is 18.8 Å². The Kier molecular flexibility index (Phi) is 6.38. The van der Waals surface area contributed by atoms with E-state index in [1.807, 2.05) is 6.92 Å². The van der Waals surface area contributed by atoms with Crippen LogP contribution >= 0.6 is 0 Å². The second-order valence-electron chi connectivity index (χ2n) is 6.42. The van der Waals surface area contributed by atoms with Crippen molar-refractivity contribution in [1.29, 1.82) is 0 Å². The molecule has 0 atom stereocenters. The van der Waals surface area contributed by atoms with Gasteiger partial charge in [-0.1, -0.05) is 13.8 Å². The van der Waals surface area contributed by atoms with Gasteiger partial charge in [-0.05, 0) is 37.1 Å². The van der Waals surface area contributed by atoms with Crippen LogP contribution in [0.3, 0.4) is 0 Å². The van der Waals surface area contributed by atoms with Crippen molar-refractivity contribution >= 4 is 33.2 Å². The van der Waals surface area contributed by atoms with E-state index < -0.39 is 15.9 Å². The first kappa shape index (κ1) is 21.0. The van der Waals surface area contributed by atoms with Crippen molar-refractivity contribution in [2.24, 2.45) is 5.10 Å². The number of rotatable bonds is 6. The van der Waals surface area contributed by atoms with Crippen LogP contribution in [-0.4, -0.2) is 55.4 Å². The van der Waals surface area contributed by atoms with Gasteiger partial charge in [-0.15, -0.1) is 0 Å². The van der Waals surface area contributed by atoms with Crippen LogP contribution in [0.2, 0.25) is 0 Å². The first-order valence-electron chi connectivity index (χ1n) is 8.88. The topological polar surface area (TPSA) is 99.2 Å². The first-order valence-corrected chi connectivity index (χ1v) is 10.3. The van der Waals surface area contributed by atoms with Crippen LogP contribution < -0.4 is 5.32 Å². The largest absolute Gasteiger partial charge is 0.321 e. The van der Waals surface area contributed by atoms with Crippen molar-refractivity contribution in [2.45, 2.75) is 45.4 Å². The lowest BCUT2D eigenvalue weighted by molar-refractivity contribution is -0.130. The summed E-state index contributed by atoms with van der Waals surface area (Å²) < 4.78 is 27.0. The zero-order chi connectivity index (χ0) is 20.4. The lowest BCUT2D eigenvalue weighted by Crippen LogP contribution is -2.34. The third-order valence-electron chi connectivity index (χ3n) is 4.70. The summed E-state index contributed by atoms with van der Waals surface area (Å²) >= 11 is 0. The standard InChI is InChI=1S/C18H26N4O4S/c1-6-22(7-2)27(25,26)14-10-12(3)13(4)16(11-14)19-18(24)15-8-9-17(23)21(5)20-15/h10-11H,6-9H2,1-5H3,(H,19,24). The summed E-state index contributed by atoms with van der Waals surface area (Å²) in [6.45, 7) is 7.91. The van der Waals surface area contributed by atoms with Crippen LogP contribution in [-0.2, 0) is 19.6 Å². The maximum absolute atomic E-state index is 12.8. The van der Waals surface area contributed by atoms with Gasteiger partial charge in [0.1, 0.15) is 5.71 Å². The van der Waals surface area contributed by atoms with Crippen LogP contribution in [0.1, 0.15) is 37.8 Å². The van der Waals surface area contributed by atoms with E-state index in [2.05, 4.69) is 10.4 Å².